The quantitative estimate of drug-likeness (QED) is 0.417. The van der Waals surface area contributed by atoms with Crippen LogP contribution in [-0.4, -0.2) is 86.7 Å². The molecule has 1 N–H and O–H groups in total. The molecule has 4 rings (SSSR count). The molecule has 214 valence electrons. The summed E-state index contributed by atoms with van der Waals surface area (Å²) < 4.78 is 44.7. The average molecular weight is 570 g/mol. The van der Waals surface area contributed by atoms with Gasteiger partial charge in [-0.05, 0) is 55.0 Å². The highest BCUT2D eigenvalue weighted by atomic mass is 32.2. The first-order valence-electron chi connectivity index (χ1n) is 12.9. The van der Waals surface area contributed by atoms with Crippen molar-refractivity contribution in [3.63, 3.8) is 0 Å². The molecular weight excluding hydrogens is 534 g/mol. The van der Waals surface area contributed by atoms with Gasteiger partial charge in [-0.3, -0.25) is 4.79 Å². The summed E-state index contributed by atoms with van der Waals surface area (Å²) in [4.78, 5) is 19.9. The van der Waals surface area contributed by atoms with Crippen LogP contribution in [0.2, 0.25) is 0 Å². The molecule has 1 amide bonds. The Bertz CT molecular complexity index is 1450. The zero-order chi connectivity index (χ0) is 29.0. The number of methoxy groups -OCH3 is 2. The summed E-state index contributed by atoms with van der Waals surface area (Å²) in [5, 5.41) is 9.92. The second kappa shape index (κ2) is 12.2. The van der Waals surface area contributed by atoms with Crippen LogP contribution in [0.4, 0.5) is 0 Å². The van der Waals surface area contributed by atoms with E-state index in [1.165, 1.54) is 30.6 Å². The third kappa shape index (κ3) is 6.06. The first-order valence-corrected chi connectivity index (χ1v) is 14.4. The Morgan fingerprint density at radius 3 is 2.45 bits per heavy atom. The number of pyridine rings is 1. The number of carbonyl (C=O) groups excluding carboxylic acids is 1. The molecule has 1 aliphatic heterocycles. The standard InChI is InChI=1S/C29H35N3O7S/c1-19-16-32(20(2)18-33)29(34)26-14-22(21-7-6-8-24(13-21)38-5)15-30-28(26)39-27(19)17-31(3)40(35,36)25-11-9-23(37-4)10-12-25/h6-15,19-20,27,33H,16-18H2,1-5H3/t19-,20+,27-/m0/s1. The number of benzene rings is 2. The van der Waals surface area contributed by atoms with Gasteiger partial charge in [-0.15, -0.1) is 0 Å². The molecule has 0 spiro atoms. The van der Waals surface area contributed by atoms with Gasteiger partial charge in [0.2, 0.25) is 15.9 Å². The molecule has 2 aromatic carbocycles. The molecule has 0 aliphatic carbocycles. The molecule has 0 unspecified atom stereocenters. The van der Waals surface area contributed by atoms with Gasteiger partial charge < -0.3 is 24.2 Å². The number of ether oxygens (including phenoxy) is 3. The third-order valence-corrected chi connectivity index (χ3v) is 8.97. The van der Waals surface area contributed by atoms with E-state index in [-0.39, 0.29) is 47.9 Å². The van der Waals surface area contributed by atoms with Crippen molar-refractivity contribution >= 4 is 15.9 Å². The summed E-state index contributed by atoms with van der Waals surface area (Å²) in [6, 6.07) is 14.8. The monoisotopic (exact) mass is 569 g/mol. The Morgan fingerprint density at radius 2 is 1.80 bits per heavy atom. The van der Waals surface area contributed by atoms with Gasteiger partial charge in [-0.25, -0.2) is 13.4 Å². The van der Waals surface area contributed by atoms with Crippen molar-refractivity contribution in [1.29, 1.82) is 0 Å². The number of rotatable bonds is 9. The maximum atomic E-state index is 13.7. The first kappa shape index (κ1) is 29.3. The number of nitrogens with zero attached hydrogens (tertiary/aromatic N) is 3. The lowest BCUT2D eigenvalue weighted by Gasteiger charge is -2.37. The van der Waals surface area contributed by atoms with Crippen molar-refractivity contribution in [1.82, 2.24) is 14.2 Å². The lowest BCUT2D eigenvalue weighted by molar-refractivity contribution is 0.0373. The van der Waals surface area contributed by atoms with Crippen LogP contribution in [0.3, 0.4) is 0 Å². The number of aromatic nitrogens is 1. The van der Waals surface area contributed by atoms with Crippen LogP contribution in [0.25, 0.3) is 11.1 Å². The van der Waals surface area contributed by atoms with E-state index in [4.69, 9.17) is 14.2 Å². The molecule has 2 heterocycles. The van der Waals surface area contributed by atoms with Gasteiger partial charge in [0.05, 0.1) is 38.3 Å². The second-order valence-electron chi connectivity index (χ2n) is 9.89. The number of carbonyl (C=O) groups is 1. The average Bonchev–Trinajstić information content (AvgIpc) is 2.98. The summed E-state index contributed by atoms with van der Waals surface area (Å²) in [6.45, 7) is 3.70. The van der Waals surface area contributed by atoms with Crippen LogP contribution < -0.4 is 14.2 Å². The fourth-order valence-corrected chi connectivity index (χ4v) is 5.74. The van der Waals surface area contributed by atoms with E-state index < -0.39 is 22.2 Å². The smallest absolute Gasteiger partial charge is 0.259 e. The molecule has 0 radical (unpaired) electrons. The normalized spacial score (nSPS) is 18.4. The number of aliphatic hydroxyl groups excluding tert-OH is 1. The predicted octanol–water partition coefficient (Wildman–Crippen LogP) is 3.31. The van der Waals surface area contributed by atoms with Crippen molar-refractivity contribution in [3.05, 3.63) is 66.4 Å². The molecule has 3 atom stereocenters. The van der Waals surface area contributed by atoms with Crippen LogP contribution >= 0.6 is 0 Å². The molecule has 0 saturated heterocycles. The molecule has 11 heteroatoms. The molecular formula is C29H35N3O7S. The fourth-order valence-electron chi connectivity index (χ4n) is 4.56. The summed E-state index contributed by atoms with van der Waals surface area (Å²) in [7, 11) is 0.753. The van der Waals surface area contributed by atoms with Gasteiger partial charge in [-0.2, -0.15) is 4.31 Å². The topological polar surface area (TPSA) is 118 Å². The Labute approximate surface area is 235 Å². The maximum Gasteiger partial charge on any atom is 0.259 e. The highest BCUT2D eigenvalue weighted by molar-refractivity contribution is 7.89. The number of likely N-dealkylation sites (N-methyl/N-ethyl adjacent to an activating group) is 1. The van der Waals surface area contributed by atoms with Gasteiger partial charge in [0.15, 0.2) is 0 Å². The maximum absolute atomic E-state index is 13.7. The lowest BCUT2D eigenvalue weighted by atomic mass is 9.99. The molecule has 40 heavy (non-hydrogen) atoms. The van der Waals surface area contributed by atoms with Gasteiger partial charge >= 0.3 is 0 Å². The van der Waals surface area contributed by atoms with Crippen molar-refractivity contribution < 1.29 is 32.5 Å². The molecule has 1 aromatic heterocycles. The SMILES string of the molecule is COc1ccc(S(=O)(=O)N(C)C[C@@H]2Oc3ncc(-c4cccc(OC)c4)cc3C(=O)N([C@H](C)CO)C[C@@H]2C)cc1. The fraction of sp³-hybridized carbons (Fsp3) is 0.379. The van der Waals surface area contributed by atoms with E-state index in [0.717, 1.165) is 5.56 Å². The van der Waals surface area contributed by atoms with Crippen LogP contribution in [0.1, 0.15) is 24.2 Å². The first-order chi connectivity index (χ1) is 19.1. The van der Waals surface area contributed by atoms with E-state index in [2.05, 4.69) is 4.98 Å². The van der Waals surface area contributed by atoms with E-state index in [1.807, 2.05) is 31.2 Å². The minimum Gasteiger partial charge on any atom is -0.497 e. The van der Waals surface area contributed by atoms with Crippen molar-refractivity contribution in [2.45, 2.75) is 30.9 Å². The summed E-state index contributed by atoms with van der Waals surface area (Å²) in [6.07, 6.45) is 0.982. The van der Waals surface area contributed by atoms with Crippen molar-refractivity contribution in [3.8, 4) is 28.5 Å². The van der Waals surface area contributed by atoms with Crippen LogP contribution in [0.5, 0.6) is 17.4 Å². The van der Waals surface area contributed by atoms with Gasteiger partial charge in [0, 0.05) is 31.3 Å². The van der Waals surface area contributed by atoms with Gasteiger partial charge in [-0.1, -0.05) is 19.1 Å². The minimum absolute atomic E-state index is 0.0177. The summed E-state index contributed by atoms with van der Waals surface area (Å²) in [5.74, 6) is 0.728. The zero-order valence-corrected chi connectivity index (χ0v) is 24.1. The number of amides is 1. The van der Waals surface area contributed by atoms with Crippen molar-refractivity contribution in [2.24, 2.45) is 5.92 Å². The Morgan fingerprint density at radius 1 is 1.10 bits per heavy atom. The Kier molecular flexibility index (Phi) is 8.97. The van der Waals surface area contributed by atoms with E-state index in [1.54, 1.807) is 43.3 Å². The second-order valence-corrected chi connectivity index (χ2v) is 11.9. The summed E-state index contributed by atoms with van der Waals surface area (Å²) in [5.41, 5.74) is 1.73. The van der Waals surface area contributed by atoms with E-state index >= 15 is 0 Å². The molecule has 0 fully saturated rings. The van der Waals surface area contributed by atoms with E-state index in [9.17, 15) is 18.3 Å². The lowest BCUT2D eigenvalue weighted by Crippen LogP contribution is -2.50. The number of sulfonamides is 1. The van der Waals surface area contributed by atoms with Crippen molar-refractivity contribution in [2.75, 3.05) is 41.0 Å². The largest absolute Gasteiger partial charge is 0.497 e. The van der Waals surface area contributed by atoms with Gasteiger partial charge in [0.1, 0.15) is 23.2 Å². The molecule has 1 aliphatic rings. The molecule has 0 saturated carbocycles. The van der Waals surface area contributed by atoms with Crippen LogP contribution in [0.15, 0.2) is 65.7 Å². The zero-order valence-electron chi connectivity index (χ0n) is 23.3. The molecule has 10 nitrogen and oxygen atoms in total. The van der Waals surface area contributed by atoms with Crippen LogP contribution in [0, 0.1) is 5.92 Å². The Balaban J connectivity index is 1.70. The highest BCUT2D eigenvalue weighted by Crippen LogP contribution is 2.32. The molecule has 0 bridgehead atoms. The molecule has 3 aromatic rings. The van der Waals surface area contributed by atoms with E-state index in [0.29, 0.717) is 17.1 Å². The highest BCUT2D eigenvalue weighted by Gasteiger charge is 2.36. The van der Waals surface area contributed by atoms with Crippen LogP contribution in [-0.2, 0) is 10.0 Å². The number of fused-ring (bicyclic) bond motifs is 1. The predicted molar refractivity (Wildman–Crippen MR) is 150 cm³/mol. The number of aliphatic hydroxyl groups is 1. The number of hydrogen-bond acceptors (Lipinski definition) is 8. The Hall–Kier alpha value is -3.67. The minimum atomic E-state index is -3.83. The number of hydrogen-bond donors (Lipinski definition) is 1. The third-order valence-electron chi connectivity index (χ3n) is 7.13. The van der Waals surface area contributed by atoms with Gasteiger partial charge in [0.25, 0.3) is 5.91 Å². The summed E-state index contributed by atoms with van der Waals surface area (Å²) >= 11 is 0.